The van der Waals surface area contributed by atoms with Crippen LogP contribution in [0.25, 0.3) is 0 Å². The lowest BCUT2D eigenvalue weighted by atomic mass is 10.0. The number of carbonyl (C=O) groups excluding carboxylic acids is 3. The number of nitrogens with zero attached hydrogens (tertiary/aromatic N) is 2. The van der Waals surface area contributed by atoms with E-state index in [1.54, 1.807) is 36.4 Å². The fraction of sp³-hybridized carbons (Fsp3) is 0.448. The second-order valence-electron chi connectivity index (χ2n) is 9.45. The van der Waals surface area contributed by atoms with E-state index in [9.17, 15) is 14.4 Å². The topological polar surface area (TPSA) is 123 Å². The molecule has 3 amide bonds. The highest BCUT2D eigenvalue weighted by Gasteiger charge is 2.21. The van der Waals surface area contributed by atoms with E-state index in [4.69, 9.17) is 15.2 Å². The zero-order valence-electron chi connectivity index (χ0n) is 22.5. The third-order valence-electron chi connectivity index (χ3n) is 6.50. The standard InChI is InChI=1S/C29H38N4O5/c1-4-5-6-9-16-38-29(36)32-27(30)21-10-13-25(37-3)22(18-21)19-26(34)31-23-11-12-24(20(2)17-23)28(35)33-14-7-8-15-33/h10-13,17-18H,4-9,14-16,19H2,1-3H3,(H,31,34)(H2,30,32,36). The number of amidine groups is 1. The van der Waals surface area contributed by atoms with Gasteiger partial charge in [-0.1, -0.05) is 26.2 Å². The predicted octanol–water partition coefficient (Wildman–Crippen LogP) is 4.84. The number of benzene rings is 2. The molecule has 1 heterocycles. The number of rotatable bonds is 11. The maximum absolute atomic E-state index is 12.9. The summed E-state index contributed by atoms with van der Waals surface area (Å²) in [7, 11) is 1.52. The van der Waals surface area contributed by atoms with Crippen LogP contribution in [-0.4, -0.2) is 55.4 Å². The number of hydrogen-bond acceptors (Lipinski definition) is 5. The van der Waals surface area contributed by atoms with Crippen molar-refractivity contribution in [3.63, 3.8) is 0 Å². The van der Waals surface area contributed by atoms with Crippen molar-refractivity contribution < 1.29 is 23.9 Å². The molecule has 0 unspecified atom stereocenters. The Balaban J connectivity index is 1.64. The Hall–Kier alpha value is -3.88. The summed E-state index contributed by atoms with van der Waals surface area (Å²) < 4.78 is 10.5. The van der Waals surface area contributed by atoms with E-state index < -0.39 is 6.09 Å². The van der Waals surface area contributed by atoms with E-state index in [2.05, 4.69) is 17.2 Å². The molecule has 0 radical (unpaired) electrons. The lowest BCUT2D eigenvalue weighted by Crippen LogP contribution is -2.28. The van der Waals surface area contributed by atoms with Crippen molar-refractivity contribution in [2.75, 3.05) is 32.1 Å². The second kappa shape index (κ2) is 14.2. The molecular formula is C29H38N4O5. The van der Waals surface area contributed by atoms with Crippen LogP contribution in [0.15, 0.2) is 41.4 Å². The molecular weight excluding hydrogens is 484 g/mol. The van der Waals surface area contributed by atoms with Crippen LogP contribution in [0.2, 0.25) is 0 Å². The molecule has 0 spiro atoms. The molecule has 204 valence electrons. The third-order valence-corrected chi connectivity index (χ3v) is 6.50. The first-order valence-electron chi connectivity index (χ1n) is 13.2. The van der Waals surface area contributed by atoms with Gasteiger partial charge in [-0.25, -0.2) is 4.79 Å². The van der Waals surface area contributed by atoms with Gasteiger partial charge in [0.1, 0.15) is 11.6 Å². The number of anilines is 1. The zero-order chi connectivity index (χ0) is 27.5. The Labute approximate surface area is 224 Å². The second-order valence-corrected chi connectivity index (χ2v) is 9.45. The Morgan fingerprint density at radius 3 is 2.50 bits per heavy atom. The summed E-state index contributed by atoms with van der Waals surface area (Å²) >= 11 is 0. The van der Waals surface area contributed by atoms with Crippen LogP contribution < -0.4 is 15.8 Å². The van der Waals surface area contributed by atoms with Crippen molar-refractivity contribution in [1.29, 1.82) is 0 Å². The molecule has 0 aliphatic carbocycles. The fourth-order valence-electron chi connectivity index (χ4n) is 4.41. The molecule has 1 aliphatic heterocycles. The predicted molar refractivity (Wildman–Crippen MR) is 148 cm³/mol. The summed E-state index contributed by atoms with van der Waals surface area (Å²) in [5, 5.41) is 2.88. The third kappa shape index (κ3) is 8.06. The number of amides is 3. The minimum Gasteiger partial charge on any atom is -0.496 e. The Kier molecular flexibility index (Phi) is 10.7. The van der Waals surface area contributed by atoms with Crippen molar-refractivity contribution in [3.05, 3.63) is 58.7 Å². The number of ether oxygens (including phenoxy) is 2. The number of aryl methyl sites for hydroxylation is 1. The van der Waals surface area contributed by atoms with Crippen molar-refractivity contribution >= 4 is 29.4 Å². The van der Waals surface area contributed by atoms with E-state index in [0.717, 1.165) is 57.2 Å². The van der Waals surface area contributed by atoms with Crippen LogP contribution in [0.1, 0.15) is 72.5 Å². The van der Waals surface area contributed by atoms with Gasteiger partial charge in [0.25, 0.3) is 5.91 Å². The minimum atomic E-state index is -0.740. The molecule has 9 heteroatoms. The number of aliphatic imine (C=N–C) groups is 1. The molecule has 3 N–H and O–H groups in total. The molecule has 0 aromatic heterocycles. The van der Waals surface area contributed by atoms with Crippen LogP contribution in [0.4, 0.5) is 10.5 Å². The SMILES string of the molecule is CCCCCCOC(=O)N=C(N)c1ccc(OC)c(CC(=O)Nc2ccc(C(=O)N3CCCC3)c(C)c2)c1. The Morgan fingerprint density at radius 1 is 1.05 bits per heavy atom. The zero-order valence-corrected chi connectivity index (χ0v) is 22.5. The van der Waals surface area contributed by atoms with Gasteiger partial charge >= 0.3 is 6.09 Å². The molecule has 0 bridgehead atoms. The van der Waals surface area contributed by atoms with E-state index in [-0.39, 0.29) is 24.1 Å². The van der Waals surface area contributed by atoms with Crippen LogP contribution in [-0.2, 0) is 16.0 Å². The molecule has 2 aromatic carbocycles. The number of nitrogens with one attached hydrogen (secondary N) is 1. The first-order chi connectivity index (χ1) is 18.3. The molecule has 9 nitrogen and oxygen atoms in total. The summed E-state index contributed by atoms with van der Waals surface area (Å²) in [6.07, 6.45) is 5.31. The van der Waals surface area contributed by atoms with Crippen LogP contribution in [0, 0.1) is 6.92 Å². The number of methoxy groups -OCH3 is 1. The maximum Gasteiger partial charge on any atom is 0.435 e. The molecule has 1 aliphatic rings. The van der Waals surface area contributed by atoms with E-state index in [1.807, 2.05) is 11.8 Å². The molecule has 0 atom stereocenters. The molecule has 2 aromatic rings. The molecule has 1 saturated heterocycles. The van der Waals surface area contributed by atoms with E-state index >= 15 is 0 Å². The highest BCUT2D eigenvalue weighted by molar-refractivity contribution is 6.03. The number of unbranched alkanes of at least 4 members (excludes halogenated alkanes) is 3. The molecule has 0 saturated carbocycles. The van der Waals surface area contributed by atoms with Gasteiger partial charge in [-0.05, 0) is 68.1 Å². The van der Waals surface area contributed by atoms with Gasteiger partial charge in [-0.3, -0.25) is 9.59 Å². The van der Waals surface area contributed by atoms with Gasteiger partial charge in [-0.15, -0.1) is 0 Å². The monoisotopic (exact) mass is 522 g/mol. The molecule has 38 heavy (non-hydrogen) atoms. The summed E-state index contributed by atoms with van der Waals surface area (Å²) in [5.74, 6) is 0.277. The summed E-state index contributed by atoms with van der Waals surface area (Å²) in [6, 6.07) is 10.3. The lowest BCUT2D eigenvalue weighted by molar-refractivity contribution is -0.115. The molecule has 3 rings (SSSR count). The summed E-state index contributed by atoms with van der Waals surface area (Å²) in [4.78, 5) is 43.3. The van der Waals surface area contributed by atoms with Crippen molar-refractivity contribution in [2.45, 2.75) is 58.8 Å². The average Bonchev–Trinajstić information content (AvgIpc) is 3.43. The summed E-state index contributed by atoms with van der Waals surface area (Å²) in [6.45, 7) is 5.85. The van der Waals surface area contributed by atoms with Gasteiger partial charge in [0, 0.05) is 35.5 Å². The number of carbonyl (C=O) groups is 3. The Bertz CT molecular complexity index is 1170. The Morgan fingerprint density at radius 2 is 1.82 bits per heavy atom. The van der Waals surface area contributed by atoms with Crippen LogP contribution in [0.5, 0.6) is 5.75 Å². The average molecular weight is 523 g/mol. The van der Waals surface area contributed by atoms with Gasteiger partial charge < -0.3 is 25.4 Å². The van der Waals surface area contributed by atoms with E-state index in [1.165, 1.54) is 7.11 Å². The van der Waals surface area contributed by atoms with Crippen molar-refractivity contribution in [2.24, 2.45) is 10.7 Å². The van der Waals surface area contributed by atoms with Gasteiger partial charge in [0.2, 0.25) is 5.91 Å². The van der Waals surface area contributed by atoms with Gasteiger partial charge in [0.15, 0.2) is 0 Å². The van der Waals surface area contributed by atoms with E-state index in [0.29, 0.717) is 34.7 Å². The number of likely N-dealkylation sites (tertiary alicyclic amines) is 1. The minimum absolute atomic E-state index is 0.00162. The summed E-state index contributed by atoms with van der Waals surface area (Å²) in [5.41, 5.74) is 9.17. The first kappa shape index (κ1) is 28.7. The highest BCUT2D eigenvalue weighted by atomic mass is 16.5. The largest absolute Gasteiger partial charge is 0.496 e. The van der Waals surface area contributed by atoms with Gasteiger partial charge in [0.05, 0.1) is 20.1 Å². The van der Waals surface area contributed by atoms with Crippen LogP contribution >= 0.6 is 0 Å². The smallest absolute Gasteiger partial charge is 0.435 e. The van der Waals surface area contributed by atoms with Gasteiger partial charge in [-0.2, -0.15) is 4.99 Å². The number of nitrogens with two attached hydrogens (primary N) is 1. The fourth-order valence-corrected chi connectivity index (χ4v) is 4.41. The quantitative estimate of drug-likeness (QED) is 0.247. The number of hydrogen-bond donors (Lipinski definition) is 2. The maximum atomic E-state index is 12.9. The van der Waals surface area contributed by atoms with Crippen LogP contribution in [0.3, 0.4) is 0 Å². The van der Waals surface area contributed by atoms with Crippen molar-refractivity contribution in [3.8, 4) is 5.75 Å². The molecule has 1 fully saturated rings. The highest BCUT2D eigenvalue weighted by Crippen LogP contribution is 2.23. The van der Waals surface area contributed by atoms with Crippen molar-refractivity contribution in [1.82, 2.24) is 4.90 Å². The lowest BCUT2D eigenvalue weighted by Gasteiger charge is -2.17. The normalized spacial score (nSPS) is 13.3. The first-order valence-corrected chi connectivity index (χ1v) is 13.2.